The molecule has 0 aromatic carbocycles. The molecule has 0 unspecified atom stereocenters. The Bertz CT molecular complexity index is 280. The Morgan fingerprint density at radius 3 is 1.17 bits per heavy atom. The third-order valence-corrected chi connectivity index (χ3v) is 6.63. The van der Waals surface area contributed by atoms with Gasteiger partial charge in [-0.3, -0.25) is 0 Å². The minimum absolute atomic E-state index is 0.0999. The molecule has 142 valence electrons. The maximum Gasteiger partial charge on any atom is 0.0701 e. The van der Waals surface area contributed by atoms with E-state index in [1.807, 2.05) is 23.5 Å². The maximum absolute atomic E-state index is 5.87. The molecule has 6 nitrogen and oxygen atoms in total. The van der Waals surface area contributed by atoms with Gasteiger partial charge in [0.05, 0.1) is 79.3 Å². The van der Waals surface area contributed by atoms with Crippen molar-refractivity contribution >= 4 is 23.5 Å². The molecule has 1 spiro atoms. The van der Waals surface area contributed by atoms with Crippen LogP contribution in [0.25, 0.3) is 0 Å². The molecule has 2 aliphatic rings. The molecule has 0 aliphatic carbocycles. The second-order valence-corrected chi connectivity index (χ2v) is 8.21. The fraction of sp³-hybridized carbons (Fsp3) is 1.00. The van der Waals surface area contributed by atoms with Crippen LogP contribution in [-0.4, -0.2) is 95.9 Å². The van der Waals surface area contributed by atoms with Crippen molar-refractivity contribution in [3.05, 3.63) is 0 Å². The van der Waals surface area contributed by atoms with E-state index < -0.39 is 0 Å². The van der Waals surface area contributed by atoms with Crippen LogP contribution in [0.3, 0.4) is 0 Å². The van der Waals surface area contributed by atoms with Crippen LogP contribution in [0.4, 0.5) is 0 Å². The molecule has 0 atom stereocenters. The summed E-state index contributed by atoms with van der Waals surface area (Å²) in [6.07, 6.45) is 0. The largest absolute Gasteiger partial charge is 0.378 e. The van der Waals surface area contributed by atoms with E-state index in [4.69, 9.17) is 28.4 Å². The zero-order valence-electron chi connectivity index (χ0n) is 14.4. The molecular weight excluding hydrogens is 352 g/mol. The van der Waals surface area contributed by atoms with Crippen molar-refractivity contribution in [3.63, 3.8) is 0 Å². The lowest BCUT2D eigenvalue weighted by Gasteiger charge is -2.35. The first-order valence-corrected chi connectivity index (χ1v) is 10.8. The van der Waals surface area contributed by atoms with Crippen molar-refractivity contribution in [2.75, 3.05) is 95.9 Å². The van der Waals surface area contributed by atoms with Gasteiger partial charge in [-0.1, -0.05) is 0 Å². The van der Waals surface area contributed by atoms with E-state index in [0.29, 0.717) is 66.1 Å². The minimum atomic E-state index is 0.0999. The molecule has 2 fully saturated rings. The van der Waals surface area contributed by atoms with E-state index in [2.05, 4.69) is 0 Å². The summed E-state index contributed by atoms with van der Waals surface area (Å²) >= 11 is 3.93. The first kappa shape index (κ1) is 20.8. The van der Waals surface area contributed by atoms with Crippen LogP contribution < -0.4 is 0 Å². The average molecular weight is 383 g/mol. The topological polar surface area (TPSA) is 55.4 Å². The Labute approximate surface area is 153 Å². The molecule has 8 heteroatoms. The first-order chi connectivity index (χ1) is 11.9. The third-order valence-electron chi connectivity index (χ3n) is 3.66. The summed E-state index contributed by atoms with van der Waals surface area (Å²) < 4.78 is 33.6. The van der Waals surface area contributed by atoms with Crippen LogP contribution in [0, 0.1) is 5.41 Å². The zero-order valence-corrected chi connectivity index (χ0v) is 16.0. The number of hydrogen-bond donors (Lipinski definition) is 0. The van der Waals surface area contributed by atoms with Gasteiger partial charge in [-0.15, -0.1) is 0 Å². The van der Waals surface area contributed by atoms with E-state index in [1.165, 1.54) is 0 Å². The summed E-state index contributed by atoms with van der Waals surface area (Å²) in [6, 6.07) is 0. The third kappa shape index (κ3) is 9.24. The molecule has 2 rings (SSSR count). The lowest BCUT2D eigenvalue weighted by molar-refractivity contribution is -0.0331. The van der Waals surface area contributed by atoms with Crippen molar-refractivity contribution < 1.29 is 28.4 Å². The van der Waals surface area contributed by atoms with Gasteiger partial charge in [0.2, 0.25) is 0 Å². The number of rotatable bonds is 0. The highest BCUT2D eigenvalue weighted by atomic mass is 32.2. The van der Waals surface area contributed by atoms with Crippen LogP contribution in [0.2, 0.25) is 0 Å². The van der Waals surface area contributed by atoms with Crippen molar-refractivity contribution in [3.8, 4) is 0 Å². The molecule has 0 saturated carbocycles. The molecule has 0 radical (unpaired) electrons. The van der Waals surface area contributed by atoms with Gasteiger partial charge < -0.3 is 28.4 Å². The monoisotopic (exact) mass is 382 g/mol. The summed E-state index contributed by atoms with van der Waals surface area (Å²) in [5.74, 6) is 2.17. The van der Waals surface area contributed by atoms with Crippen LogP contribution in [0.1, 0.15) is 0 Å². The highest BCUT2D eigenvalue weighted by Gasteiger charge is 2.33. The standard InChI is InChI=1S/C16H30O6S2/c1-2-18-4-6-20-8-10-22-12-16(13-23-15-24-14-16)11-21-9-7-19-5-3-17-1/h1-15H2. The lowest BCUT2D eigenvalue weighted by Crippen LogP contribution is -2.40. The molecule has 2 saturated heterocycles. The van der Waals surface area contributed by atoms with Gasteiger partial charge in [0.25, 0.3) is 0 Å². The van der Waals surface area contributed by atoms with Gasteiger partial charge in [0, 0.05) is 22.0 Å². The molecule has 24 heavy (non-hydrogen) atoms. The zero-order chi connectivity index (χ0) is 16.8. The van der Waals surface area contributed by atoms with Crippen molar-refractivity contribution in [2.24, 2.45) is 5.41 Å². The van der Waals surface area contributed by atoms with E-state index in [0.717, 1.165) is 29.8 Å². The summed E-state index contributed by atoms with van der Waals surface area (Å²) in [4.78, 5) is 0. The van der Waals surface area contributed by atoms with Gasteiger partial charge in [-0.25, -0.2) is 0 Å². The van der Waals surface area contributed by atoms with Crippen molar-refractivity contribution in [1.82, 2.24) is 0 Å². The normalized spacial score (nSPS) is 27.0. The summed E-state index contributed by atoms with van der Waals surface area (Å²) in [7, 11) is 0. The maximum atomic E-state index is 5.87. The van der Waals surface area contributed by atoms with Gasteiger partial charge in [0.1, 0.15) is 0 Å². The lowest BCUT2D eigenvalue weighted by atomic mass is 9.95. The van der Waals surface area contributed by atoms with Gasteiger partial charge in [-0.05, 0) is 0 Å². The van der Waals surface area contributed by atoms with Gasteiger partial charge >= 0.3 is 0 Å². The van der Waals surface area contributed by atoms with E-state index >= 15 is 0 Å². The highest BCUT2D eigenvalue weighted by Crippen LogP contribution is 2.36. The average Bonchev–Trinajstić information content (AvgIpc) is 2.61. The smallest absolute Gasteiger partial charge is 0.0701 e. The quantitative estimate of drug-likeness (QED) is 0.625. The second-order valence-electron chi connectivity index (χ2n) is 5.87. The number of ether oxygens (including phenoxy) is 6. The van der Waals surface area contributed by atoms with Gasteiger partial charge in [0.15, 0.2) is 0 Å². The SMILES string of the molecule is C1COCCOCCOCC2(COCCOCCO1)CSCSC2. The van der Waals surface area contributed by atoms with Crippen molar-refractivity contribution in [2.45, 2.75) is 0 Å². The molecule has 0 aromatic rings. The van der Waals surface area contributed by atoms with E-state index in [9.17, 15) is 0 Å². The predicted molar refractivity (Wildman–Crippen MR) is 97.1 cm³/mol. The van der Waals surface area contributed by atoms with E-state index in [1.54, 1.807) is 0 Å². The number of thioether (sulfide) groups is 2. The van der Waals surface area contributed by atoms with Crippen molar-refractivity contribution in [1.29, 1.82) is 0 Å². The Kier molecular flexibility index (Phi) is 11.8. The molecule has 0 amide bonds. The Balaban J connectivity index is 1.71. The summed E-state index contributed by atoms with van der Waals surface area (Å²) in [5.41, 5.74) is 0.0999. The molecule has 2 aliphatic heterocycles. The predicted octanol–water partition coefficient (Wildman–Crippen LogP) is 1.52. The van der Waals surface area contributed by atoms with Crippen LogP contribution >= 0.6 is 23.5 Å². The van der Waals surface area contributed by atoms with E-state index in [-0.39, 0.29) is 5.41 Å². The molecular formula is C16H30O6S2. The Hall–Kier alpha value is 0.460. The van der Waals surface area contributed by atoms with Crippen LogP contribution in [0.15, 0.2) is 0 Å². The minimum Gasteiger partial charge on any atom is -0.378 e. The Morgan fingerprint density at radius 2 is 0.792 bits per heavy atom. The summed E-state index contributed by atoms with van der Waals surface area (Å²) in [5, 5.41) is 1.16. The number of hydrogen-bond acceptors (Lipinski definition) is 8. The molecule has 2 heterocycles. The second kappa shape index (κ2) is 13.6. The molecule has 0 bridgehead atoms. The molecule has 0 aromatic heterocycles. The fourth-order valence-corrected chi connectivity index (χ4v) is 5.07. The highest BCUT2D eigenvalue weighted by molar-refractivity contribution is 8.16. The molecule has 0 N–H and O–H groups in total. The van der Waals surface area contributed by atoms with Gasteiger partial charge in [-0.2, -0.15) is 23.5 Å². The Morgan fingerprint density at radius 1 is 0.458 bits per heavy atom. The van der Waals surface area contributed by atoms with Crippen LogP contribution in [0.5, 0.6) is 0 Å². The fourth-order valence-electron chi connectivity index (χ4n) is 2.40. The summed E-state index contributed by atoms with van der Waals surface area (Å²) in [6.45, 7) is 7.40. The first-order valence-electron chi connectivity index (χ1n) is 8.53. The van der Waals surface area contributed by atoms with Crippen LogP contribution in [-0.2, 0) is 28.4 Å².